The summed E-state index contributed by atoms with van der Waals surface area (Å²) >= 11 is 0. The van der Waals surface area contributed by atoms with Crippen molar-refractivity contribution < 1.29 is 27.9 Å². The van der Waals surface area contributed by atoms with Crippen LogP contribution in [-0.4, -0.2) is 46.8 Å². The highest BCUT2D eigenvalue weighted by molar-refractivity contribution is 5.94. The molecule has 0 radical (unpaired) electrons. The summed E-state index contributed by atoms with van der Waals surface area (Å²) in [5.74, 6) is -0.687. The van der Waals surface area contributed by atoms with Gasteiger partial charge in [0.1, 0.15) is 6.04 Å². The van der Waals surface area contributed by atoms with Gasteiger partial charge >= 0.3 is 12.3 Å². The average Bonchev–Trinajstić information content (AvgIpc) is 2.41. The van der Waals surface area contributed by atoms with E-state index < -0.39 is 36.8 Å². The molecule has 0 heterocycles. The molecule has 128 valence electrons. The molecule has 1 atom stereocenters. The Balaban J connectivity index is 2.88. The third-order valence-electron chi connectivity index (χ3n) is 3.26. The Morgan fingerprint density at radius 3 is 2.13 bits per heavy atom. The van der Waals surface area contributed by atoms with E-state index >= 15 is 0 Å². The molecule has 2 N–H and O–H groups in total. The molecular formula is C15H19F3N2O3. The van der Waals surface area contributed by atoms with Crippen LogP contribution < -0.4 is 5.32 Å². The zero-order chi connectivity index (χ0) is 17.8. The van der Waals surface area contributed by atoms with Crippen LogP contribution in [0.2, 0.25) is 0 Å². The fourth-order valence-electron chi connectivity index (χ4n) is 2.08. The topological polar surface area (TPSA) is 69.6 Å². The third-order valence-corrected chi connectivity index (χ3v) is 3.26. The molecule has 0 bridgehead atoms. The first-order valence-electron chi connectivity index (χ1n) is 6.97. The second-order valence-electron chi connectivity index (χ2n) is 5.42. The Morgan fingerprint density at radius 2 is 1.74 bits per heavy atom. The molecule has 0 saturated carbocycles. The average molecular weight is 332 g/mol. The summed E-state index contributed by atoms with van der Waals surface area (Å²) in [7, 11) is 0. The van der Waals surface area contributed by atoms with Gasteiger partial charge in [0.05, 0.1) is 0 Å². The van der Waals surface area contributed by atoms with Crippen molar-refractivity contribution in [2.24, 2.45) is 0 Å². The molecule has 0 saturated heterocycles. The summed E-state index contributed by atoms with van der Waals surface area (Å²) in [5.41, 5.74) is 1.12. The molecule has 1 aromatic carbocycles. The molecule has 0 aliphatic carbocycles. The van der Waals surface area contributed by atoms with E-state index in [1.165, 1.54) is 26.0 Å². The minimum atomic E-state index is -4.79. The number of benzene rings is 1. The summed E-state index contributed by atoms with van der Waals surface area (Å²) < 4.78 is 39.4. The maximum absolute atomic E-state index is 13.1. The number of hydrogen-bond acceptors (Lipinski definition) is 2. The Hall–Kier alpha value is -2.25. The number of aryl methyl sites for hydroxylation is 1. The van der Waals surface area contributed by atoms with Gasteiger partial charge in [-0.2, -0.15) is 13.2 Å². The van der Waals surface area contributed by atoms with Crippen molar-refractivity contribution in [2.45, 2.75) is 39.0 Å². The zero-order valence-electron chi connectivity index (χ0n) is 13.0. The van der Waals surface area contributed by atoms with E-state index in [-0.39, 0.29) is 10.5 Å². The SMILES string of the molecule is Cc1ccc(C(=O)NC[C@@H](N(C(=O)O)C(C)C)C(F)(F)F)cc1. The van der Waals surface area contributed by atoms with Crippen LogP contribution in [0, 0.1) is 6.92 Å². The number of hydrogen-bond donors (Lipinski definition) is 2. The summed E-state index contributed by atoms with van der Waals surface area (Å²) in [6, 6.07) is 3.11. The molecule has 0 aliphatic heterocycles. The number of amides is 2. The first-order valence-corrected chi connectivity index (χ1v) is 6.97. The lowest BCUT2D eigenvalue weighted by Gasteiger charge is -2.33. The normalized spacial score (nSPS) is 12.8. The van der Waals surface area contributed by atoms with Gasteiger partial charge in [-0.05, 0) is 32.9 Å². The van der Waals surface area contributed by atoms with Gasteiger partial charge < -0.3 is 10.4 Å². The van der Waals surface area contributed by atoms with Crippen molar-refractivity contribution in [2.75, 3.05) is 6.54 Å². The van der Waals surface area contributed by atoms with Gasteiger partial charge in [-0.3, -0.25) is 9.69 Å². The van der Waals surface area contributed by atoms with Crippen LogP contribution >= 0.6 is 0 Å². The maximum Gasteiger partial charge on any atom is 0.410 e. The number of carbonyl (C=O) groups is 2. The largest absolute Gasteiger partial charge is 0.465 e. The van der Waals surface area contributed by atoms with Crippen molar-refractivity contribution in [1.82, 2.24) is 10.2 Å². The van der Waals surface area contributed by atoms with E-state index in [0.717, 1.165) is 5.56 Å². The van der Waals surface area contributed by atoms with Gasteiger partial charge in [0.25, 0.3) is 5.91 Å². The highest BCUT2D eigenvalue weighted by atomic mass is 19.4. The van der Waals surface area contributed by atoms with Crippen molar-refractivity contribution in [3.63, 3.8) is 0 Å². The number of carbonyl (C=O) groups excluding carboxylic acids is 1. The molecule has 5 nitrogen and oxygen atoms in total. The van der Waals surface area contributed by atoms with Crippen molar-refractivity contribution in [3.8, 4) is 0 Å². The smallest absolute Gasteiger partial charge is 0.410 e. The first kappa shape index (κ1) is 18.8. The van der Waals surface area contributed by atoms with Crippen LogP contribution in [0.3, 0.4) is 0 Å². The lowest BCUT2D eigenvalue weighted by molar-refractivity contribution is -0.180. The predicted octanol–water partition coefficient (Wildman–Crippen LogP) is 3.04. The molecule has 2 amide bonds. The minimum absolute atomic E-state index is 0.211. The summed E-state index contributed by atoms with van der Waals surface area (Å²) in [4.78, 5) is 23.3. The van der Waals surface area contributed by atoms with Gasteiger partial charge in [0.15, 0.2) is 0 Å². The summed E-state index contributed by atoms with van der Waals surface area (Å²) in [6.07, 6.45) is -6.48. The van der Waals surface area contributed by atoms with Crippen molar-refractivity contribution in [3.05, 3.63) is 35.4 Å². The van der Waals surface area contributed by atoms with Gasteiger partial charge in [0, 0.05) is 18.2 Å². The van der Waals surface area contributed by atoms with E-state index in [4.69, 9.17) is 5.11 Å². The molecule has 1 rings (SSSR count). The number of nitrogens with zero attached hydrogens (tertiary/aromatic N) is 1. The Morgan fingerprint density at radius 1 is 1.22 bits per heavy atom. The number of halogens is 3. The first-order chi connectivity index (χ1) is 10.5. The third kappa shape index (κ3) is 5.15. The Kier molecular flexibility index (Phi) is 6.00. The molecule has 0 aliphatic rings. The Labute approximate surface area is 132 Å². The van der Waals surface area contributed by atoms with E-state index in [0.29, 0.717) is 0 Å². The lowest BCUT2D eigenvalue weighted by atomic mass is 10.1. The maximum atomic E-state index is 13.1. The monoisotopic (exact) mass is 332 g/mol. The van der Waals surface area contributed by atoms with Crippen LogP contribution in [0.25, 0.3) is 0 Å². The Bertz CT molecular complexity index is 556. The van der Waals surface area contributed by atoms with Crippen LogP contribution in [-0.2, 0) is 0 Å². The van der Waals surface area contributed by atoms with Crippen LogP contribution in [0.15, 0.2) is 24.3 Å². The molecule has 8 heteroatoms. The number of rotatable bonds is 5. The molecule has 0 spiro atoms. The number of alkyl halides is 3. The molecule has 0 fully saturated rings. The highest BCUT2D eigenvalue weighted by Crippen LogP contribution is 2.26. The predicted molar refractivity (Wildman–Crippen MR) is 78.4 cm³/mol. The second-order valence-corrected chi connectivity index (χ2v) is 5.42. The quantitative estimate of drug-likeness (QED) is 0.871. The van der Waals surface area contributed by atoms with Crippen LogP contribution in [0.4, 0.5) is 18.0 Å². The highest BCUT2D eigenvalue weighted by Gasteiger charge is 2.46. The number of nitrogens with one attached hydrogen (secondary N) is 1. The molecule has 23 heavy (non-hydrogen) atoms. The van der Waals surface area contributed by atoms with Gasteiger partial charge in [-0.15, -0.1) is 0 Å². The standard InChI is InChI=1S/C15H19F3N2O3/c1-9(2)20(14(22)23)12(15(16,17)18)8-19-13(21)11-6-4-10(3)5-7-11/h4-7,9,12H,8H2,1-3H3,(H,19,21)(H,22,23)/t12-/m1/s1. The van der Waals surface area contributed by atoms with E-state index in [9.17, 15) is 22.8 Å². The van der Waals surface area contributed by atoms with Crippen LogP contribution in [0.1, 0.15) is 29.8 Å². The molecule has 0 aromatic heterocycles. The fourth-order valence-corrected chi connectivity index (χ4v) is 2.08. The van der Waals surface area contributed by atoms with E-state index in [1.807, 2.05) is 6.92 Å². The van der Waals surface area contributed by atoms with Gasteiger partial charge in [0.2, 0.25) is 0 Å². The molecule has 0 unspecified atom stereocenters. The van der Waals surface area contributed by atoms with E-state index in [2.05, 4.69) is 5.32 Å². The van der Waals surface area contributed by atoms with Crippen molar-refractivity contribution >= 4 is 12.0 Å². The second kappa shape index (κ2) is 7.34. The van der Waals surface area contributed by atoms with E-state index in [1.54, 1.807) is 12.1 Å². The van der Waals surface area contributed by atoms with Crippen molar-refractivity contribution in [1.29, 1.82) is 0 Å². The van der Waals surface area contributed by atoms with Gasteiger partial charge in [-0.1, -0.05) is 17.7 Å². The summed E-state index contributed by atoms with van der Waals surface area (Å²) in [6.45, 7) is 3.65. The summed E-state index contributed by atoms with van der Waals surface area (Å²) in [5, 5.41) is 11.2. The molecular weight excluding hydrogens is 313 g/mol. The van der Waals surface area contributed by atoms with Crippen LogP contribution in [0.5, 0.6) is 0 Å². The zero-order valence-corrected chi connectivity index (χ0v) is 13.0. The number of carboxylic acid groups (broad SMARTS) is 1. The molecule has 1 aromatic rings. The van der Waals surface area contributed by atoms with Gasteiger partial charge in [-0.25, -0.2) is 4.79 Å². The lowest BCUT2D eigenvalue weighted by Crippen LogP contribution is -2.56. The minimum Gasteiger partial charge on any atom is -0.465 e. The fraction of sp³-hybridized carbons (Fsp3) is 0.467.